The summed E-state index contributed by atoms with van der Waals surface area (Å²) in [6, 6.07) is 1.37. The van der Waals surface area contributed by atoms with Gasteiger partial charge in [0.2, 0.25) is 0 Å². The van der Waals surface area contributed by atoms with Crippen LogP contribution >= 0.6 is 0 Å². The Kier molecular flexibility index (Phi) is 4.33. The van der Waals surface area contributed by atoms with E-state index < -0.39 is 30.0 Å². The van der Waals surface area contributed by atoms with Gasteiger partial charge in [-0.1, -0.05) is 0 Å². The first-order valence-corrected chi connectivity index (χ1v) is 3.54. The molecular weight excluding hydrogens is 213 g/mol. The van der Waals surface area contributed by atoms with Gasteiger partial charge in [0.15, 0.2) is 6.61 Å². The summed E-state index contributed by atoms with van der Waals surface area (Å²) in [6.07, 6.45) is -4.62. The zero-order chi connectivity index (χ0) is 12.1. The average molecular weight is 218 g/mol. The third kappa shape index (κ3) is 4.67. The van der Waals surface area contributed by atoms with Crippen molar-refractivity contribution in [1.29, 1.82) is 5.26 Å². The van der Waals surface area contributed by atoms with Crippen molar-refractivity contribution in [3.05, 3.63) is 22.7 Å². The Morgan fingerprint density at radius 1 is 1.60 bits per heavy atom. The van der Waals surface area contributed by atoms with Crippen LogP contribution in [0.1, 0.15) is 6.92 Å². The molecule has 7 heteroatoms. The van der Waals surface area contributed by atoms with Gasteiger partial charge in [-0.15, -0.1) is 0 Å². The van der Waals surface area contributed by atoms with Crippen molar-refractivity contribution in [3.63, 3.8) is 0 Å². The molecule has 0 aliphatic rings. The van der Waals surface area contributed by atoms with Crippen LogP contribution < -0.4 is 0 Å². The third-order valence-corrected chi connectivity index (χ3v) is 1.25. The topological polar surface area (TPSA) is 54.5 Å². The summed E-state index contributed by atoms with van der Waals surface area (Å²) >= 11 is 0. The van der Waals surface area contributed by atoms with Gasteiger partial charge >= 0.3 is 12.1 Å². The quantitative estimate of drug-likeness (QED) is 0.307. The Balaban J connectivity index is 4.58. The first kappa shape index (κ1) is 13.0. The minimum absolute atomic E-state index is 0.434. The predicted molar refractivity (Wildman–Crippen MR) is 41.9 cm³/mol. The highest BCUT2D eigenvalue weighted by atomic mass is 19.4. The van der Waals surface area contributed by atoms with E-state index in [0.29, 0.717) is 0 Å². The number of carbonyl (C=O) groups excluding carboxylic acids is 1. The lowest BCUT2D eigenvalue weighted by Crippen LogP contribution is -2.21. The molecule has 0 aliphatic heterocycles. The van der Waals surface area contributed by atoms with Crippen molar-refractivity contribution >= 4 is 5.97 Å². The van der Waals surface area contributed by atoms with E-state index >= 15 is 0 Å². The summed E-state index contributed by atoms with van der Waals surface area (Å²) in [6.45, 7) is 5.77. The van der Waals surface area contributed by atoms with Gasteiger partial charge in [0.05, 0.1) is 18.2 Å². The summed E-state index contributed by atoms with van der Waals surface area (Å²) in [5, 5.41) is 8.32. The highest BCUT2D eigenvalue weighted by molar-refractivity contribution is 5.89. The smallest absolute Gasteiger partial charge is 0.422 e. The second-order valence-corrected chi connectivity index (χ2v) is 2.39. The fourth-order valence-corrected chi connectivity index (χ4v) is 0.545. The fraction of sp³-hybridized carbons (Fsp3) is 0.375. The lowest BCUT2D eigenvalue weighted by Gasteiger charge is -2.07. The first-order chi connectivity index (χ1) is 6.81. The minimum Gasteiger partial charge on any atom is -0.454 e. The van der Waals surface area contributed by atoms with Crippen molar-refractivity contribution < 1.29 is 22.7 Å². The standard InChI is InChI=1S/C8H5F3N2O2/c1-5(6(3-12)13-2)7(14)15-4-8(9,10)11/h4H2,1H3/b6-5+. The Morgan fingerprint density at radius 3 is 2.47 bits per heavy atom. The third-order valence-electron chi connectivity index (χ3n) is 1.25. The molecular formula is C8H5F3N2O2. The molecule has 0 fully saturated rings. The first-order valence-electron chi connectivity index (χ1n) is 3.54. The van der Waals surface area contributed by atoms with Crippen LogP contribution in [0.3, 0.4) is 0 Å². The molecule has 0 rings (SSSR count). The fourth-order valence-electron chi connectivity index (χ4n) is 0.545. The van der Waals surface area contributed by atoms with E-state index in [4.69, 9.17) is 11.8 Å². The van der Waals surface area contributed by atoms with Crippen molar-refractivity contribution in [2.75, 3.05) is 6.61 Å². The van der Waals surface area contributed by atoms with Crippen LogP contribution in [-0.4, -0.2) is 18.8 Å². The van der Waals surface area contributed by atoms with Gasteiger partial charge in [-0.3, -0.25) is 0 Å². The molecule has 0 atom stereocenters. The molecule has 0 aromatic heterocycles. The molecule has 0 amide bonds. The number of ether oxygens (including phenoxy) is 1. The van der Waals surface area contributed by atoms with Gasteiger partial charge in [-0.25, -0.2) is 14.9 Å². The molecule has 0 unspecified atom stereocenters. The molecule has 0 N–H and O–H groups in total. The van der Waals surface area contributed by atoms with Gasteiger partial charge in [0.25, 0.3) is 5.70 Å². The summed E-state index contributed by atoms with van der Waals surface area (Å²) in [5.41, 5.74) is -1.01. The molecule has 0 spiro atoms. The number of hydrogen-bond acceptors (Lipinski definition) is 3. The average Bonchev–Trinajstić information content (AvgIpc) is 2.14. The number of hydrogen-bond donors (Lipinski definition) is 0. The summed E-state index contributed by atoms with van der Waals surface area (Å²) in [4.78, 5) is 13.5. The number of esters is 1. The lowest BCUT2D eigenvalue weighted by atomic mass is 10.2. The van der Waals surface area contributed by atoms with Gasteiger partial charge in [0, 0.05) is 0 Å². The maximum absolute atomic E-state index is 11.6. The van der Waals surface area contributed by atoms with Crippen LogP contribution in [0.4, 0.5) is 13.2 Å². The molecule has 0 heterocycles. The monoisotopic (exact) mass is 218 g/mol. The van der Waals surface area contributed by atoms with Gasteiger partial charge in [0.1, 0.15) is 0 Å². The van der Waals surface area contributed by atoms with Crippen LogP contribution in [0, 0.1) is 17.9 Å². The van der Waals surface area contributed by atoms with Gasteiger partial charge in [-0.05, 0) is 6.92 Å². The number of nitrogens with zero attached hydrogens (tertiary/aromatic N) is 2. The molecule has 4 nitrogen and oxygen atoms in total. The van der Waals surface area contributed by atoms with Gasteiger partial charge < -0.3 is 4.74 Å². The lowest BCUT2D eigenvalue weighted by molar-refractivity contribution is -0.183. The van der Waals surface area contributed by atoms with E-state index in [1.807, 2.05) is 0 Å². The maximum atomic E-state index is 11.6. The van der Waals surface area contributed by atoms with E-state index in [2.05, 4.69) is 9.58 Å². The van der Waals surface area contributed by atoms with Crippen LogP contribution in [0.25, 0.3) is 4.85 Å². The van der Waals surface area contributed by atoms with Gasteiger partial charge in [-0.2, -0.15) is 13.2 Å². The summed E-state index contributed by atoms with van der Waals surface area (Å²) < 4.78 is 38.7. The van der Waals surface area contributed by atoms with E-state index in [0.717, 1.165) is 6.92 Å². The zero-order valence-corrected chi connectivity index (χ0v) is 7.55. The van der Waals surface area contributed by atoms with Crippen LogP contribution in [0.2, 0.25) is 0 Å². The second kappa shape index (κ2) is 5.01. The van der Waals surface area contributed by atoms with Crippen molar-refractivity contribution in [2.45, 2.75) is 13.1 Å². The van der Waals surface area contributed by atoms with Crippen molar-refractivity contribution in [2.24, 2.45) is 0 Å². The number of rotatable bonds is 2. The second-order valence-electron chi connectivity index (χ2n) is 2.39. The number of nitriles is 1. The van der Waals surface area contributed by atoms with Crippen molar-refractivity contribution in [1.82, 2.24) is 0 Å². The van der Waals surface area contributed by atoms with E-state index in [-0.39, 0.29) is 0 Å². The molecule has 15 heavy (non-hydrogen) atoms. The van der Waals surface area contributed by atoms with E-state index in [1.54, 1.807) is 0 Å². The molecule has 0 bridgehead atoms. The molecule has 0 aliphatic carbocycles. The normalized spacial score (nSPS) is 12.1. The predicted octanol–water partition coefficient (Wildman–Crippen LogP) is 1.81. The zero-order valence-electron chi connectivity index (χ0n) is 7.55. The summed E-state index contributed by atoms with van der Waals surface area (Å²) in [5.74, 6) is -1.32. The Hall–Kier alpha value is -2.02. The van der Waals surface area contributed by atoms with E-state index in [1.165, 1.54) is 6.07 Å². The molecule has 80 valence electrons. The highest BCUT2D eigenvalue weighted by Crippen LogP contribution is 2.16. The van der Waals surface area contributed by atoms with E-state index in [9.17, 15) is 18.0 Å². The maximum Gasteiger partial charge on any atom is 0.422 e. The molecule has 0 saturated heterocycles. The SMILES string of the molecule is [C-]#[N+]/C(C#N)=C(\C)C(=O)OCC(F)(F)F. The van der Waals surface area contributed by atoms with Crippen LogP contribution in [0.15, 0.2) is 11.3 Å². The van der Waals surface area contributed by atoms with Crippen molar-refractivity contribution in [3.8, 4) is 6.07 Å². The molecule has 0 aromatic rings. The minimum atomic E-state index is -4.62. The largest absolute Gasteiger partial charge is 0.454 e. The molecule has 0 radical (unpaired) electrons. The Bertz CT molecular complexity index is 355. The molecule has 0 saturated carbocycles. The number of allylic oxidation sites excluding steroid dienone is 1. The number of alkyl halides is 3. The number of halogens is 3. The highest BCUT2D eigenvalue weighted by Gasteiger charge is 2.30. The Morgan fingerprint density at radius 2 is 2.13 bits per heavy atom. The molecule has 0 aromatic carbocycles. The number of carbonyl (C=O) groups is 1. The Labute approximate surface area is 83.4 Å². The van der Waals surface area contributed by atoms with Crippen LogP contribution in [0.5, 0.6) is 0 Å². The summed E-state index contributed by atoms with van der Waals surface area (Å²) in [7, 11) is 0. The van der Waals surface area contributed by atoms with Crippen LogP contribution in [-0.2, 0) is 9.53 Å².